The molecule has 3 N–H and O–H groups in total. The standard InChI is InChI=1S/C8H20N2O.2C2H6.H2/c1-10(7-4-5-9)6-2-3-8-11;2*1-2;/h11H,2-9H2,1H3;2*1-2H3;1H. The molecule has 3 heteroatoms. The SMILES string of the molecule is CC.CC.CN(CCCN)CCCCO.[HH]. The monoisotopic (exact) mass is 222 g/mol. The van der Waals surface area contributed by atoms with Crippen LogP contribution in [0.5, 0.6) is 0 Å². The van der Waals surface area contributed by atoms with E-state index in [1.165, 1.54) is 0 Å². The number of hydrogen-bond donors (Lipinski definition) is 2. The van der Waals surface area contributed by atoms with Crippen molar-refractivity contribution in [1.82, 2.24) is 4.90 Å². The molecule has 0 heterocycles. The van der Waals surface area contributed by atoms with Gasteiger partial charge in [0, 0.05) is 8.03 Å². The summed E-state index contributed by atoms with van der Waals surface area (Å²) < 4.78 is 0. The Labute approximate surface area is 98.1 Å². The van der Waals surface area contributed by atoms with E-state index in [1.807, 2.05) is 27.7 Å². The fraction of sp³-hybridized carbons (Fsp3) is 1.00. The van der Waals surface area contributed by atoms with Crippen molar-refractivity contribution in [3.8, 4) is 0 Å². The molecule has 15 heavy (non-hydrogen) atoms. The summed E-state index contributed by atoms with van der Waals surface area (Å²) in [5.74, 6) is 0. The zero-order valence-corrected chi connectivity index (χ0v) is 11.4. The van der Waals surface area contributed by atoms with Gasteiger partial charge in [0.1, 0.15) is 0 Å². The van der Waals surface area contributed by atoms with Crippen LogP contribution < -0.4 is 5.73 Å². The smallest absolute Gasteiger partial charge is 0.0431 e. The van der Waals surface area contributed by atoms with Crippen molar-refractivity contribution in [1.29, 1.82) is 0 Å². The molecule has 0 unspecified atom stereocenters. The highest BCUT2D eigenvalue weighted by atomic mass is 16.2. The van der Waals surface area contributed by atoms with E-state index < -0.39 is 0 Å². The summed E-state index contributed by atoms with van der Waals surface area (Å²) >= 11 is 0. The minimum absolute atomic E-state index is 0. The zero-order valence-electron chi connectivity index (χ0n) is 11.4. The van der Waals surface area contributed by atoms with Crippen LogP contribution in [0.4, 0.5) is 0 Å². The van der Waals surface area contributed by atoms with Crippen molar-refractivity contribution >= 4 is 0 Å². The molecule has 0 bridgehead atoms. The van der Waals surface area contributed by atoms with E-state index in [0.29, 0.717) is 6.61 Å². The van der Waals surface area contributed by atoms with E-state index >= 15 is 0 Å². The number of hydrogen-bond acceptors (Lipinski definition) is 3. The Morgan fingerprint density at radius 1 is 1.00 bits per heavy atom. The van der Waals surface area contributed by atoms with Gasteiger partial charge in [0.2, 0.25) is 0 Å². The Morgan fingerprint density at radius 2 is 1.47 bits per heavy atom. The van der Waals surface area contributed by atoms with Crippen LogP contribution in [-0.2, 0) is 0 Å². The lowest BCUT2D eigenvalue weighted by atomic mass is 10.3. The lowest BCUT2D eigenvalue weighted by Crippen LogP contribution is -2.23. The minimum atomic E-state index is 0. The number of aliphatic hydroxyl groups is 1. The summed E-state index contributed by atoms with van der Waals surface area (Å²) in [5, 5.41) is 8.52. The highest BCUT2D eigenvalue weighted by molar-refractivity contribution is 4.51. The Balaban J connectivity index is -0.000000129. The van der Waals surface area contributed by atoms with Crippen molar-refractivity contribution in [2.45, 2.75) is 47.0 Å². The van der Waals surface area contributed by atoms with Crippen LogP contribution in [-0.4, -0.2) is 43.3 Å². The second-order valence-corrected chi connectivity index (χ2v) is 2.88. The van der Waals surface area contributed by atoms with Crippen LogP contribution >= 0.6 is 0 Å². The van der Waals surface area contributed by atoms with Gasteiger partial charge in [-0.1, -0.05) is 27.7 Å². The number of unbranched alkanes of at least 4 members (excludes halogenated alkanes) is 1. The van der Waals surface area contributed by atoms with E-state index in [0.717, 1.165) is 38.9 Å². The van der Waals surface area contributed by atoms with Gasteiger partial charge in [0.15, 0.2) is 0 Å². The topological polar surface area (TPSA) is 49.5 Å². The van der Waals surface area contributed by atoms with Gasteiger partial charge in [-0.2, -0.15) is 0 Å². The van der Waals surface area contributed by atoms with E-state index in [9.17, 15) is 0 Å². The average Bonchev–Trinajstić information content (AvgIpc) is 2.32. The molecule has 0 amide bonds. The fourth-order valence-corrected chi connectivity index (χ4v) is 0.967. The molecule has 0 aliphatic rings. The molecule has 98 valence electrons. The normalized spacial score (nSPS) is 8.80. The van der Waals surface area contributed by atoms with E-state index in [-0.39, 0.29) is 1.43 Å². The zero-order chi connectivity index (χ0) is 12.5. The van der Waals surface area contributed by atoms with Gasteiger partial charge < -0.3 is 15.7 Å². The van der Waals surface area contributed by atoms with Gasteiger partial charge in [-0.3, -0.25) is 0 Å². The molecule has 0 aromatic rings. The van der Waals surface area contributed by atoms with Crippen molar-refractivity contribution in [2.24, 2.45) is 5.73 Å². The van der Waals surface area contributed by atoms with Gasteiger partial charge in [-0.15, -0.1) is 0 Å². The van der Waals surface area contributed by atoms with Crippen LogP contribution in [0, 0.1) is 0 Å². The summed E-state index contributed by atoms with van der Waals surface area (Å²) in [6.07, 6.45) is 3.06. The molecular weight excluding hydrogens is 188 g/mol. The number of aliphatic hydroxyl groups excluding tert-OH is 1. The highest BCUT2D eigenvalue weighted by Gasteiger charge is 1.95. The third-order valence-corrected chi connectivity index (χ3v) is 1.69. The molecule has 0 aromatic heterocycles. The summed E-state index contributed by atoms with van der Waals surface area (Å²) in [6, 6.07) is 0. The van der Waals surface area contributed by atoms with E-state index in [2.05, 4.69) is 11.9 Å². The van der Waals surface area contributed by atoms with Crippen LogP contribution in [0.15, 0.2) is 0 Å². The van der Waals surface area contributed by atoms with Crippen LogP contribution in [0.1, 0.15) is 48.4 Å². The lowest BCUT2D eigenvalue weighted by molar-refractivity contribution is 0.263. The summed E-state index contributed by atoms with van der Waals surface area (Å²) in [4.78, 5) is 2.25. The number of rotatable bonds is 7. The molecule has 0 atom stereocenters. The second-order valence-electron chi connectivity index (χ2n) is 2.88. The Bertz CT molecular complexity index is 85.4. The van der Waals surface area contributed by atoms with Gasteiger partial charge in [0.05, 0.1) is 0 Å². The van der Waals surface area contributed by atoms with Crippen LogP contribution in [0.3, 0.4) is 0 Å². The van der Waals surface area contributed by atoms with Gasteiger partial charge >= 0.3 is 0 Å². The molecule has 0 aliphatic heterocycles. The summed E-state index contributed by atoms with van der Waals surface area (Å²) in [5.41, 5.74) is 5.36. The molecule has 0 rings (SSSR count). The number of nitrogens with zero attached hydrogens (tertiary/aromatic N) is 1. The first-order valence-corrected chi connectivity index (χ1v) is 6.30. The Hall–Kier alpha value is -0.120. The van der Waals surface area contributed by atoms with Crippen molar-refractivity contribution in [2.75, 3.05) is 33.3 Å². The molecule has 0 aliphatic carbocycles. The van der Waals surface area contributed by atoms with Crippen molar-refractivity contribution in [3.63, 3.8) is 0 Å². The van der Waals surface area contributed by atoms with Crippen LogP contribution in [0.2, 0.25) is 0 Å². The van der Waals surface area contributed by atoms with Crippen LogP contribution in [0.25, 0.3) is 0 Å². The molecule has 0 radical (unpaired) electrons. The first-order valence-electron chi connectivity index (χ1n) is 6.30. The maximum absolute atomic E-state index is 8.52. The summed E-state index contributed by atoms with van der Waals surface area (Å²) in [7, 11) is 2.09. The minimum Gasteiger partial charge on any atom is -0.396 e. The molecule has 0 saturated carbocycles. The fourth-order valence-electron chi connectivity index (χ4n) is 0.967. The quantitative estimate of drug-likeness (QED) is 0.650. The first-order chi connectivity index (χ1) is 7.31. The molecular formula is C12H34N2O. The van der Waals surface area contributed by atoms with E-state index in [1.54, 1.807) is 0 Å². The summed E-state index contributed by atoms with van der Waals surface area (Å²) in [6.45, 7) is 11.2. The third-order valence-electron chi connectivity index (χ3n) is 1.69. The number of nitrogens with two attached hydrogens (primary N) is 1. The van der Waals surface area contributed by atoms with Gasteiger partial charge in [-0.05, 0) is 45.9 Å². The van der Waals surface area contributed by atoms with Crippen molar-refractivity contribution in [3.05, 3.63) is 0 Å². The Kier molecular flexibility index (Phi) is 31.9. The molecule has 0 aromatic carbocycles. The van der Waals surface area contributed by atoms with Gasteiger partial charge in [-0.25, -0.2) is 0 Å². The van der Waals surface area contributed by atoms with Gasteiger partial charge in [0.25, 0.3) is 0 Å². The molecule has 3 nitrogen and oxygen atoms in total. The molecule has 0 fully saturated rings. The Morgan fingerprint density at radius 3 is 1.87 bits per heavy atom. The highest BCUT2D eigenvalue weighted by Crippen LogP contribution is 1.92. The molecule has 0 spiro atoms. The largest absolute Gasteiger partial charge is 0.396 e. The average molecular weight is 222 g/mol. The third kappa shape index (κ3) is 24.8. The van der Waals surface area contributed by atoms with E-state index in [4.69, 9.17) is 10.8 Å². The first kappa shape index (κ1) is 20.3. The maximum Gasteiger partial charge on any atom is 0.0431 e. The van der Waals surface area contributed by atoms with Crippen molar-refractivity contribution < 1.29 is 6.53 Å². The predicted molar refractivity (Wildman–Crippen MR) is 72.3 cm³/mol. The molecule has 0 saturated heterocycles. The maximum atomic E-state index is 8.52. The second kappa shape index (κ2) is 23.6. The lowest BCUT2D eigenvalue weighted by Gasteiger charge is -2.14. The predicted octanol–water partition coefficient (Wildman–Crippen LogP) is 2.34.